The van der Waals surface area contributed by atoms with E-state index in [1.807, 2.05) is 0 Å². The van der Waals surface area contributed by atoms with Crippen LogP contribution in [0.25, 0.3) is 0 Å². The smallest absolute Gasteiger partial charge is 0.304 e. The van der Waals surface area contributed by atoms with Gasteiger partial charge in [-0.1, -0.05) is 0 Å². The molecule has 90 valence electrons. The molecular weight excluding hydrogens is 232 g/mol. The summed E-state index contributed by atoms with van der Waals surface area (Å²) in [4.78, 5) is 10.4. The third kappa shape index (κ3) is 2.93. The van der Waals surface area contributed by atoms with Gasteiger partial charge >= 0.3 is 5.97 Å². The summed E-state index contributed by atoms with van der Waals surface area (Å²) < 4.78 is 24.9. The van der Waals surface area contributed by atoms with E-state index in [4.69, 9.17) is 10.4 Å². The molecule has 16 heavy (non-hydrogen) atoms. The van der Waals surface area contributed by atoms with Crippen LogP contribution in [0.5, 0.6) is 0 Å². The van der Waals surface area contributed by atoms with E-state index in [2.05, 4.69) is 0 Å². The zero-order chi connectivity index (χ0) is 12.3. The highest BCUT2D eigenvalue weighted by Crippen LogP contribution is 2.30. The molecule has 0 spiro atoms. The molecule has 0 saturated heterocycles. The van der Waals surface area contributed by atoms with Crippen LogP contribution in [0, 0.1) is 11.3 Å². The van der Waals surface area contributed by atoms with Gasteiger partial charge in [0.25, 0.3) is 0 Å². The lowest BCUT2D eigenvalue weighted by molar-refractivity contribution is -0.137. The van der Waals surface area contributed by atoms with Crippen LogP contribution in [-0.4, -0.2) is 41.6 Å². The zero-order valence-corrected chi connectivity index (χ0v) is 9.77. The van der Waals surface area contributed by atoms with Crippen molar-refractivity contribution in [3.63, 3.8) is 0 Å². The van der Waals surface area contributed by atoms with E-state index in [9.17, 15) is 13.2 Å². The van der Waals surface area contributed by atoms with E-state index in [-0.39, 0.29) is 19.0 Å². The predicted octanol–water partition coefficient (Wildman–Crippen LogP) is 0.167. The standard InChI is InChI=1S/C9H14N2O4S/c1-7(6-10)16(14,15)11(8-2-3-8)5-4-9(12)13/h7-8H,2-5H2,1H3,(H,12,13). The fraction of sp³-hybridized carbons (Fsp3) is 0.778. The molecule has 1 fully saturated rings. The molecule has 1 N–H and O–H groups in total. The number of sulfonamides is 1. The van der Waals surface area contributed by atoms with Crippen LogP contribution in [0.4, 0.5) is 0 Å². The zero-order valence-electron chi connectivity index (χ0n) is 8.96. The SMILES string of the molecule is CC(C#N)S(=O)(=O)N(CCC(=O)O)C1CC1. The van der Waals surface area contributed by atoms with Crippen LogP contribution in [0.15, 0.2) is 0 Å². The fourth-order valence-electron chi connectivity index (χ4n) is 1.36. The number of carboxylic acid groups (broad SMARTS) is 1. The fourth-order valence-corrected chi connectivity index (χ4v) is 2.87. The predicted molar refractivity (Wildman–Crippen MR) is 56.0 cm³/mol. The third-order valence-electron chi connectivity index (χ3n) is 2.46. The lowest BCUT2D eigenvalue weighted by atomic mass is 10.4. The second-order valence-corrected chi connectivity index (χ2v) is 6.01. The summed E-state index contributed by atoms with van der Waals surface area (Å²) in [5.41, 5.74) is 0. The van der Waals surface area contributed by atoms with Crippen molar-refractivity contribution in [3.05, 3.63) is 0 Å². The molecule has 1 unspecified atom stereocenters. The van der Waals surface area contributed by atoms with E-state index < -0.39 is 21.2 Å². The summed E-state index contributed by atoms with van der Waals surface area (Å²) in [5.74, 6) is -1.04. The topological polar surface area (TPSA) is 98.5 Å². The second kappa shape index (κ2) is 4.80. The second-order valence-electron chi connectivity index (χ2n) is 3.80. The van der Waals surface area contributed by atoms with Gasteiger partial charge in [-0.05, 0) is 19.8 Å². The molecule has 0 aromatic carbocycles. The van der Waals surface area contributed by atoms with Gasteiger partial charge in [0.1, 0.15) is 0 Å². The van der Waals surface area contributed by atoms with Crippen molar-refractivity contribution in [2.45, 2.75) is 37.5 Å². The summed E-state index contributed by atoms with van der Waals surface area (Å²) in [6, 6.07) is 1.57. The Bertz CT molecular complexity index is 408. The van der Waals surface area contributed by atoms with Crippen molar-refractivity contribution in [3.8, 4) is 6.07 Å². The quantitative estimate of drug-likeness (QED) is 0.720. The van der Waals surface area contributed by atoms with Gasteiger partial charge in [0, 0.05) is 12.6 Å². The van der Waals surface area contributed by atoms with E-state index in [1.165, 1.54) is 6.92 Å². The molecular formula is C9H14N2O4S. The molecule has 0 amide bonds. The molecule has 1 aliphatic carbocycles. The van der Waals surface area contributed by atoms with Gasteiger partial charge < -0.3 is 5.11 Å². The van der Waals surface area contributed by atoms with Crippen LogP contribution in [0.1, 0.15) is 26.2 Å². The molecule has 1 aliphatic rings. The minimum absolute atomic E-state index is 0.0473. The Labute approximate surface area is 94.5 Å². The lowest BCUT2D eigenvalue weighted by Gasteiger charge is -2.22. The number of nitriles is 1. The summed E-state index contributed by atoms with van der Waals surface area (Å²) in [6.07, 6.45) is 1.27. The molecule has 0 radical (unpaired) electrons. The number of nitrogens with zero attached hydrogens (tertiary/aromatic N) is 2. The largest absolute Gasteiger partial charge is 0.481 e. The molecule has 1 rings (SSSR count). The van der Waals surface area contributed by atoms with E-state index in [0.29, 0.717) is 0 Å². The number of rotatable bonds is 6. The molecule has 0 aromatic rings. The Morgan fingerprint density at radius 3 is 2.56 bits per heavy atom. The first-order valence-electron chi connectivity index (χ1n) is 5.01. The highest BCUT2D eigenvalue weighted by molar-refractivity contribution is 7.90. The minimum Gasteiger partial charge on any atom is -0.481 e. The summed E-state index contributed by atoms with van der Waals surface area (Å²) >= 11 is 0. The molecule has 1 atom stereocenters. The number of hydrogen-bond donors (Lipinski definition) is 1. The van der Waals surface area contributed by atoms with Gasteiger partial charge in [-0.15, -0.1) is 0 Å². The van der Waals surface area contributed by atoms with Crippen molar-refractivity contribution in [1.82, 2.24) is 4.31 Å². The molecule has 0 aliphatic heterocycles. The van der Waals surface area contributed by atoms with Crippen molar-refractivity contribution >= 4 is 16.0 Å². The van der Waals surface area contributed by atoms with Crippen molar-refractivity contribution in [2.75, 3.05) is 6.54 Å². The van der Waals surface area contributed by atoms with Gasteiger partial charge in [-0.2, -0.15) is 9.57 Å². The first-order valence-corrected chi connectivity index (χ1v) is 6.52. The van der Waals surface area contributed by atoms with Crippen LogP contribution in [0.2, 0.25) is 0 Å². The van der Waals surface area contributed by atoms with Crippen LogP contribution >= 0.6 is 0 Å². The first-order chi connectivity index (χ1) is 7.39. The molecule has 0 bridgehead atoms. The highest BCUT2D eigenvalue weighted by Gasteiger charge is 2.39. The monoisotopic (exact) mass is 246 g/mol. The van der Waals surface area contributed by atoms with Gasteiger partial charge in [-0.25, -0.2) is 8.42 Å². The molecule has 0 aromatic heterocycles. The van der Waals surface area contributed by atoms with Gasteiger partial charge in [0.2, 0.25) is 10.0 Å². The lowest BCUT2D eigenvalue weighted by Crippen LogP contribution is -2.39. The van der Waals surface area contributed by atoms with Crippen molar-refractivity contribution in [1.29, 1.82) is 5.26 Å². The highest BCUT2D eigenvalue weighted by atomic mass is 32.2. The maximum Gasteiger partial charge on any atom is 0.304 e. The van der Waals surface area contributed by atoms with Gasteiger partial charge in [0.05, 0.1) is 12.5 Å². The Morgan fingerprint density at radius 1 is 1.62 bits per heavy atom. The van der Waals surface area contributed by atoms with Crippen LogP contribution < -0.4 is 0 Å². The average Bonchev–Trinajstić information content (AvgIpc) is 3.00. The maximum absolute atomic E-state index is 11.9. The Hall–Kier alpha value is -1.13. The van der Waals surface area contributed by atoms with Crippen LogP contribution in [0.3, 0.4) is 0 Å². The normalized spacial score (nSPS) is 18.1. The van der Waals surface area contributed by atoms with E-state index in [1.54, 1.807) is 6.07 Å². The van der Waals surface area contributed by atoms with Crippen molar-refractivity contribution < 1.29 is 18.3 Å². The molecule has 0 heterocycles. The van der Waals surface area contributed by atoms with Gasteiger partial charge in [-0.3, -0.25) is 4.79 Å². The molecule has 6 nitrogen and oxygen atoms in total. The number of carbonyl (C=O) groups is 1. The van der Waals surface area contributed by atoms with E-state index in [0.717, 1.165) is 17.1 Å². The Morgan fingerprint density at radius 2 is 2.19 bits per heavy atom. The third-order valence-corrected chi connectivity index (χ3v) is 4.59. The average molecular weight is 246 g/mol. The number of aliphatic carboxylic acids is 1. The van der Waals surface area contributed by atoms with Crippen LogP contribution in [-0.2, 0) is 14.8 Å². The Balaban J connectivity index is 2.78. The Kier molecular flexibility index (Phi) is 3.88. The molecule has 7 heteroatoms. The summed E-state index contributed by atoms with van der Waals surface area (Å²) in [5, 5.41) is 16.0. The van der Waals surface area contributed by atoms with E-state index >= 15 is 0 Å². The number of carboxylic acids is 1. The summed E-state index contributed by atoms with van der Waals surface area (Å²) in [7, 11) is -3.67. The summed E-state index contributed by atoms with van der Waals surface area (Å²) in [6.45, 7) is 1.26. The van der Waals surface area contributed by atoms with Crippen molar-refractivity contribution in [2.24, 2.45) is 0 Å². The first kappa shape index (κ1) is 12.9. The maximum atomic E-state index is 11.9. The van der Waals surface area contributed by atoms with Gasteiger partial charge in [0.15, 0.2) is 5.25 Å². The number of hydrogen-bond acceptors (Lipinski definition) is 4. The molecule has 1 saturated carbocycles. The minimum atomic E-state index is -3.67.